The lowest BCUT2D eigenvalue weighted by molar-refractivity contribution is -0.0350. The molecule has 1 aliphatic heterocycles. The van der Waals surface area contributed by atoms with E-state index in [1.165, 1.54) is 4.57 Å². The van der Waals surface area contributed by atoms with Gasteiger partial charge in [0.25, 0.3) is 5.56 Å². The van der Waals surface area contributed by atoms with Gasteiger partial charge in [0.05, 0.1) is 3.57 Å². The van der Waals surface area contributed by atoms with Gasteiger partial charge in [-0.2, -0.15) is 0 Å². The van der Waals surface area contributed by atoms with Crippen LogP contribution in [0.5, 0.6) is 0 Å². The highest BCUT2D eigenvalue weighted by Crippen LogP contribution is 2.20. The predicted octanol–water partition coefficient (Wildman–Crippen LogP) is 0.840. The van der Waals surface area contributed by atoms with Gasteiger partial charge in [0, 0.05) is 12.8 Å². The topological polar surface area (TPSA) is 64.1 Å². The van der Waals surface area contributed by atoms with Gasteiger partial charge >= 0.3 is 5.69 Å². The third-order valence-corrected chi connectivity index (χ3v) is 3.16. The molecule has 1 fully saturated rings. The van der Waals surface area contributed by atoms with Gasteiger partial charge in [-0.1, -0.05) is 0 Å². The second-order valence-electron chi connectivity index (χ2n) is 3.46. The summed E-state index contributed by atoms with van der Waals surface area (Å²) >= 11 is 1.90. The van der Waals surface area contributed by atoms with E-state index in [0.29, 0.717) is 10.2 Å². The third-order valence-electron chi connectivity index (χ3n) is 2.39. The number of H-pyrrole nitrogens is 1. The average molecular weight is 322 g/mol. The fourth-order valence-corrected chi connectivity index (χ4v) is 2.05. The number of ether oxygens (including phenoxy) is 1. The van der Waals surface area contributed by atoms with Crippen LogP contribution in [0.15, 0.2) is 15.8 Å². The molecule has 82 valence electrons. The molecular formula is C9H11IN2O3. The summed E-state index contributed by atoms with van der Waals surface area (Å²) in [6, 6.07) is 0. The van der Waals surface area contributed by atoms with Gasteiger partial charge in [-0.25, -0.2) is 4.79 Å². The van der Waals surface area contributed by atoms with E-state index in [2.05, 4.69) is 4.98 Å². The Balaban J connectivity index is 2.39. The lowest BCUT2D eigenvalue weighted by Crippen LogP contribution is -2.35. The van der Waals surface area contributed by atoms with Gasteiger partial charge < -0.3 is 4.74 Å². The number of hydrogen-bond donors (Lipinski definition) is 1. The first kappa shape index (κ1) is 10.9. The van der Waals surface area contributed by atoms with E-state index < -0.39 is 5.69 Å². The zero-order valence-electron chi connectivity index (χ0n) is 8.03. The SMILES string of the molecule is O=c1[nH]c(=O)n(C2CCCCO2)cc1I. The van der Waals surface area contributed by atoms with Crippen LogP contribution in [0.3, 0.4) is 0 Å². The monoisotopic (exact) mass is 322 g/mol. The highest BCUT2D eigenvalue weighted by Gasteiger charge is 2.17. The van der Waals surface area contributed by atoms with Crippen LogP contribution < -0.4 is 11.2 Å². The molecule has 1 atom stereocenters. The van der Waals surface area contributed by atoms with Crippen LogP contribution >= 0.6 is 22.6 Å². The summed E-state index contributed by atoms with van der Waals surface area (Å²) < 4.78 is 7.44. The molecular weight excluding hydrogens is 311 g/mol. The Morgan fingerprint density at radius 3 is 2.93 bits per heavy atom. The van der Waals surface area contributed by atoms with Crippen molar-refractivity contribution in [1.82, 2.24) is 9.55 Å². The normalized spacial score (nSPS) is 21.5. The smallest absolute Gasteiger partial charge is 0.330 e. The molecule has 1 unspecified atom stereocenters. The molecule has 0 radical (unpaired) electrons. The number of rotatable bonds is 1. The summed E-state index contributed by atoms with van der Waals surface area (Å²) in [6.07, 6.45) is 4.23. The minimum Gasteiger partial charge on any atom is -0.358 e. The maximum absolute atomic E-state index is 11.5. The average Bonchev–Trinajstić information content (AvgIpc) is 2.25. The molecule has 1 N–H and O–H groups in total. The minimum absolute atomic E-state index is 0.225. The molecule has 0 amide bonds. The summed E-state index contributed by atoms with van der Waals surface area (Å²) in [7, 11) is 0. The molecule has 1 aromatic rings. The Morgan fingerprint density at radius 2 is 2.27 bits per heavy atom. The van der Waals surface area contributed by atoms with Crippen molar-refractivity contribution in [1.29, 1.82) is 0 Å². The fraction of sp³-hybridized carbons (Fsp3) is 0.556. The molecule has 0 bridgehead atoms. The quantitative estimate of drug-likeness (QED) is 0.780. The second-order valence-corrected chi connectivity index (χ2v) is 4.63. The van der Waals surface area contributed by atoms with Crippen LogP contribution in [0.25, 0.3) is 0 Å². The standard InChI is InChI=1S/C9H11IN2O3/c10-6-5-12(9(14)11-8(6)13)7-3-1-2-4-15-7/h5,7H,1-4H2,(H,11,13,14). The minimum atomic E-state index is -0.396. The van der Waals surface area contributed by atoms with E-state index in [0.717, 1.165) is 19.3 Å². The first-order valence-corrected chi connectivity index (χ1v) is 5.89. The predicted molar refractivity (Wildman–Crippen MR) is 62.9 cm³/mol. The van der Waals surface area contributed by atoms with Crippen molar-refractivity contribution in [3.8, 4) is 0 Å². The Bertz CT molecular complexity index is 459. The molecule has 0 aromatic carbocycles. The van der Waals surface area contributed by atoms with E-state index in [9.17, 15) is 9.59 Å². The van der Waals surface area contributed by atoms with Crippen molar-refractivity contribution in [3.63, 3.8) is 0 Å². The molecule has 0 spiro atoms. The van der Waals surface area contributed by atoms with E-state index in [4.69, 9.17) is 4.74 Å². The number of nitrogens with one attached hydrogen (secondary N) is 1. The molecule has 0 saturated carbocycles. The Morgan fingerprint density at radius 1 is 1.47 bits per heavy atom. The van der Waals surface area contributed by atoms with E-state index >= 15 is 0 Å². The van der Waals surface area contributed by atoms with Gasteiger partial charge in [-0.15, -0.1) is 0 Å². The second kappa shape index (κ2) is 4.48. The molecule has 15 heavy (non-hydrogen) atoms. The number of aromatic nitrogens is 2. The van der Waals surface area contributed by atoms with Crippen LogP contribution in [0.4, 0.5) is 0 Å². The highest BCUT2D eigenvalue weighted by molar-refractivity contribution is 14.1. The Labute approximate surface area is 99.6 Å². The summed E-state index contributed by atoms with van der Waals surface area (Å²) in [6.45, 7) is 0.673. The van der Waals surface area contributed by atoms with Crippen LogP contribution in [0, 0.1) is 3.57 Å². The zero-order chi connectivity index (χ0) is 10.8. The largest absolute Gasteiger partial charge is 0.358 e. The van der Waals surface area contributed by atoms with Gasteiger partial charge in [-0.05, 0) is 41.9 Å². The summed E-state index contributed by atoms with van der Waals surface area (Å²) in [4.78, 5) is 24.9. The van der Waals surface area contributed by atoms with Crippen LogP contribution in [0.2, 0.25) is 0 Å². The molecule has 5 nitrogen and oxygen atoms in total. The lowest BCUT2D eigenvalue weighted by atomic mass is 10.2. The molecule has 6 heteroatoms. The van der Waals surface area contributed by atoms with Gasteiger partial charge in [0.2, 0.25) is 0 Å². The summed E-state index contributed by atoms with van der Waals surface area (Å²) in [5, 5.41) is 0. The highest BCUT2D eigenvalue weighted by atomic mass is 127. The van der Waals surface area contributed by atoms with Crippen molar-refractivity contribution >= 4 is 22.6 Å². The molecule has 2 rings (SSSR count). The van der Waals surface area contributed by atoms with Gasteiger partial charge in [0.15, 0.2) is 0 Å². The van der Waals surface area contributed by atoms with Gasteiger partial charge in [-0.3, -0.25) is 14.3 Å². The van der Waals surface area contributed by atoms with Crippen molar-refractivity contribution in [2.24, 2.45) is 0 Å². The molecule has 1 aliphatic rings. The van der Waals surface area contributed by atoms with E-state index in [1.54, 1.807) is 6.20 Å². The first-order chi connectivity index (χ1) is 7.18. The zero-order valence-corrected chi connectivity index (χ0v) is 10.2. The van der Waals surface area contributed by atoms with Crippen molar-refractivity contribution in [3.05, 3.63) is 30.6 Å². The maximum Gasteiger partial charge on any atom is 0.330 e. The van der Waals surface area contributed by atoms with Crippen LogP contribution in [-0.4, -0.2) is 16.2 Å². The number of aromatic amines is 1. The Hall–Kier alpha value is -0.630. The van der Waals surface area contributed by atoms with Crippen molar-refractivity contribution in [2.45, 2.75) is 25.5 Å². The summed E-state index contributed by atoms with van der Waals surface area (Å²) in [5.74, 6) is 0. The van der Waals surface area contributed by atoms with E-state index in [1.807, 2.05) is 22.6 Å². The third kappa shape index (κ3) is 2.31. The van der Waals surface area contributed by atoms with Gasteiger partial charge in [0.1, 0.15) is 6.23 Å². The first-order valence-electron chi connectivity index (χ1n) is 4.81. The van der Waals surface area contributed by atoms with Crippen molar-refractivity contribution in [2.75, 3.05) is 6.61 Å². The molecule has 0 aliphatic carbocycles. The maximum atomic E-state index is 11.5. The lowest BCUT2D eigenvalue weighted by Gasteiger charge is -2.24. The van der Waals surface area contributed by atoms with E-state index in [-0.39, 0.29) is 11.8 Å². The molecule has 1 aromatic heterocycles. The summed E-state index contributed by atoms with van der Waals surface area (Å²) in [5.41, 5.74) is -0.736. The fourth-order valence-electron chi connectivity index (χ4n) is 1.62. The molecule has 2 heterocycles. The van der Waals surface area contributed by atoms with Crippen LogP contribution in [-0.2, 0) is 4.74 Å². The molecule has 1 saturated heterocycles. The van der Waals surface area contributed by atoms with Crippen molar-refractivity contribution < 1.29 is 4.74 Å². The number of nitrogens with zero attached hydrogens (tertiary/aromatic N) is 1. The Kier molecular flexibility index (Phi) is 3.25. The van der Waals surface area contributed by atoms with Crippen LogP contribution in [0.1, 0.15) is 25.5 Å². The number of hydrogen-bond acceptors (Lipinski definition) is 3. The number of halogens is 1.